The van der Waals surface area contributed by atoms with Gasteiger partial charge in [-0.1, -0.05) is 17.7 Å². The predicted octanol–water partition coefficient (Wildman–Crippen LogP) is 4.22. The second-order valence-electron chi connectivity index (χ2n) is 6.47. The Morgan fingerprint density at radius 1 is 1.13 bits per heavy atom. The van der Waals surface area contributed by atoms with E-state index in [2.05, 4.69) is 21.0 Å². The number of fused-ring (bicyclic) bond motifs is 1. The van der Waals surface area contributed by atoms with Crippen LogP contribution in [-0.4, -0.2) is 26.6 Å². The van der Waals surface area contributed by atoms with Gasteiger partial charge in [-0.15, -0.1) is 0 Å². The van der Waals surface area contributed by atoms with Crippen molar-refractivity contribution in [1.29, 1.82) is 5.26 Å². The van der Waals surface area contributed by atoms with E-state index in [0.29, 0.717) is 27.6 Å². The molecule has 0 radical (unpaired) electrons. The maximum absolute atomic E-state index is 13.2. The molecule has 0 atom stereocenters. The number of ether oxygens (including phenoxy) is 2. The van der Waals surface area contributed by atoms with Crippen LogP contribution in [0.25, 0.3) is 22.4 Å². The second-order valence-corrected chi connectivity index (χ2v) is 6.91. The summed E-state index contributed by atoms with van der Waals surface area (Å²) in [6.45, 7) is 0.158. The Hall–Kier alpha value is -3.96. The Morgan fingerprint density at radius 2 is 1.94 bits per heavy atom. The van der Waals surface area contributed by atoms with Crippen molar-refractivity contribution >= 4 is 22.8 Å². The topological polar surface area (TPSA) is 103 Å². The molecule has 0 aliphatic heterocycles. The van der Waals surface area contributed by atoms with Gasteiger partial charge in [-0.05, 0) is 42.5 Å². The Kier molecular flexibility index (Phi) is 5.78. The fourth-order valence-electron chi connectivity index (χ4n) is 3.01. The second kappa shape index (κ2) is 8.81. The summed E-state index contributed by atoms with van der Waals surface area (Å²) in [5, 5.41) is 9.55. The lowest BCUT2D eigenvalue weighted by Crippen LogP contribution is -2.24. The van der Waals surface area contributed by atoms with Gasteiger partial charge in [-0.25, -0.2) is 9.97 Å². The van der Waals surface area contributed by atoms with Gasteiger partial charge in [-0.3, -0.25) is 9.36 Å². The number of hydrogen-bond donors (Lipinski definition) is 0. The standard InChI is InChI=1S/C22H16ClN5O3/c1-30-16-8-6-14(7-9-16)19-21(29)28(11-3-10-24)20-18(26-19)13-25-22(27-20)31-17-5-2-4-15(23)12-17/h2,4-9,12-13H,3,11H2,1H3. The van der Waals surface area contributed by atoms with Gasteiger partial charge in [0.15, 0.2) is 5.65 Å². The van der Waals surface area contributed by atoms with Crippen LogP contribution in [0.15, 0.2) is 59.5 Å². The Balaban J connectivity index is 1.82. The quantitative estimate of drug-likeness (QED) is 0.448. The van der Waals surface area contributed by atoms with Crippen molar-refractivity contribution < 1.29 is 9.47 Å². The molecular weight excluding hydrogens is 418 g/mol. The van der Waals surface area contributed by atoms with Crippen LogP contribution in [0.3, 0.4) is 0 Å². The van der Waals surface area contributed by atoms with Crippen LogP contribution in [-0.2, 0) is 6.54 Å². The predicted molar refractivity (Wildman–Crippen MR) is 115 cm³/mol. The minimum atomic E-state index is -0.361. The number of halogens is 1. The molecule has 2 aromatic carbocycles. The molecule has 4 rings (SSSR count). The average Bonchev–Trinajstić information content (AvgIpc) is 2.78. The molecule has 0 saturated carbocycles. The van der Waals surface area contributed by atoms with Gasteiger partial charge in [-0.2, -0.15) is 10.2 Å². The van der Waals surface area contributed by atoms with Gasteiger partial charge in [0.25, 0.3) is 5.56 Å². The smallest absolute Gasteiger partial charge is 0.324 e. The van der Waals surface area contributed by atoms with Gasteiger partial charge < -0.3 is 9.47 Å². The molecule has 4 aromatic rings. The van der Waals surface area contributed by atoms with Crippen LogP contribution < -0.4 is 15.0 Å². The normalized spacial score (nSPS) is 10.6. The molecule has 0 fully saturated rings. The number of aryl methyl sites for hydroxylation is 1. The summed E-state index contributed by atoms with van der Waals surface area (Å²) in [6.07, 6.45) is 1.62. The van der Waals surface area contributed by atoms with E-state index in [4.69, 9.17) is 26.3 Å². The minimum absolute atomic E-state index is 0.0406. The highest BCUT2D eigenvalue weighted by molar-refractivity contribution is 6.30. The van der Waals surface area contributed by atoms with E-state index in [0.717, 1.165) is 0 Å². The van der Waals surface area contributed by atoms with Crippen molar-refractivity contribution in [2.24, 2.45) is 0 Å². The van der Waals surface area contributed by atoms with Gasteiger partial charge >= 0.3 is 6.01 Å². The van der Waals surface area contributed by atoms with Crippen molar-refractivity contribution in [1.82, 2.24) is 19.5 Å². The van der Waals surface area contributed by atoms with Crippen molar-refractivity contribution in [2.75, 3.05) is 7.11 Å². The zero-order valence-electron chi connectivity index (χ0n) is 16.4. The van der Waals surface area contributed by atoms with E-state index in [-0.39, 0.29) is 35.9 Å². The molecular formula is C22H16ClN5O3. The molecule has 9 heteroatoms. The average molecular weight is 434 g/mol. The van der Waals surface area contributed by atoms with Crippen molar-refractivity contribution in [3.8, 4) is 34.8 Å². The molecule has 31 heavy (non-hydrogen) atoms. The van der Waals surface area contributed by atoms with Gasteiger partial charge in [0.05, 0.1) is 25.8 Å². The zero-order chi connectivity index (χ0) is 21.8. The maximum Gasteiger partial charge on any atom is 0.324 e. The van der Waals surface area contributed by atoms with Crippen LogP contribution in [0.1, 0.15) is 6.42 Å². The zero-order valence-corrected chi connectivity index (χ0v) is 17.2. The Labute approximate surface area is 182 Å². The van der Waals surface area contributed by atoms with Gasteiger partial charge in [0.2, 0.25) is 0 Å². The number of nitriles is 1. The molecule has 154 valence electrons. The molecule has 2 aromatic heterocycles. The van der Waals surface area contributed by atoms with Crippen LogP contribution >= 0.6 is 11.6 Å². The van der Waals surface area contributed by atoms with Crippen LogP contribution in [0, 0.1) is 11.3 Å². The lowest BCUT2D eigenvalue weighted by Gasteiger charge is -2.12. The highest BCUT2D eigenvalue weighted by Crippen LogP contribution is 2.24. The molecule has 0 unspecified atom stereocenters. The number of methoxy groups -OCH3 is 1. The summed E-state index contributed by atoms with van der Waals surface area (Å²) in [5.41, 5.74) is 1.18. The highest BCUT2D eigenvalue weighted by atomic mass is 35.5. The van der Waals surface area contributed by atoms with E-state index < -0.39 is 0 Å². The molecule has 0 spiro atoms. The molecule has 0 aliphatic carbocycles. The Morgan fingerprint density at radius 3 is 2.65 bits per heavy atom. The maximum atomic E-state index is 13.2. The van der Waals surface area contributed by atoms with E-state index in [1.54, 1.807) is 55.6 Å². The summed E-state index contributed by atoms with van der Waals surface area (Å²) in [6, 6.07) is 15.9. The number of benzene rings is 2. The van der Waals surface area contributed by atoms with Crippen LogP contribution in [0.5, 0.6) is 17.5 Å². The first-order chi connectivity index (χ1) is 15.1. The first-order valence-electron chi connectivity index (χ1n) is 9.31. The monoisotopic (exact) mass is 433 g/mol. The SMILES string of the molecule is COc1ccc(-c2nc3cnc(Oc4cccc(Cl)c4)nc3n(CCC#N)c2=O)cc1. The molecule has 2 heterocycles. The number of rotatable bonds is 6. The Bertz CT molecular complexity index is 1350. The first-order valence-corrected chi connectivity index (χ1v) is 9.69. The molecule has 0 N–H and O–H groups in total. The molecule has 0 saturated heterocycles. The lowest BCUT2D eigenvalue weighted by atomic mass is 10.1. The lowest BCUT2D eigenvalue weighted by molar-refractivity contribution is 0.415. The van der Waals surface area contributed by atoms with Crippen molar-refractivity contribution in [3.63, 3.8) is 0 Å². The summed E-state index contributed by atoms with van der Waals surface area (Å²) < 4.78 is 12.3. The third kappa shape index (κ3) is 4.32. The third-order valence-electron chi connectivity index (χ3n) is 4.48. The summed E-state index contributed by atoms with van der Waals surface area (Å²) in [5.74, 6) is 1.13. The fourth-order valence-corrected chi connectivity index (χ4v) is 3.19. The van der Waals surface area contributed by atoms with E-state index in [9.17, 15) is 4.79 Å². The van der Waals surface area contributed by atoms with Gasteiger partial charge in [0.1, 0.15) is 22.7 Å². The van der Waals surface area contributed by atoms with Gasteiger partial charge in [0, 0.05) is 17.1 Å². The van der Waals surface area contributed by atoms with Crippen molar-refractivity contribution in [2.45, 2.75) is 13.0 Å². The first kappa shape index (κ1) is 20.3. The number of aromatic nitrogens is 4. The largest absolute Gasteiger partial charge is 0.497 e. The molecule has 0 bridgehead atoms. The van der Waals surface area contributed by atoms with Crippen LogP contribution in [0.2, 0.25) is 5.02 Å². The third-order valence-corrected chi connectivity index (χ3v) is 4.71. The molecule has 0 amide bonds. The number of hydrogen-bond acceptors (Lipinski definition) is 7. The fraction of sp³-hybridized carbons (Fsp3) is 0.136. The van der Waals surface area contributed by atoms with Crippen LogP contribution in [0.4, 0.5) is 0 Å². The number of nitrogens with zero attached hydrogens (tertiary/aromatic N) is 5. The minimum Gasteiger partial charge on any atom is -0.497 e. The van der Waals surface area contributed by atoms with Crippen molar-refractivity contribution in [3.05, 3.63) is 70.1 Å². The molecule has 8 nitrogen and oxygen atoms in total. The summed E-state index contributed by atoms with van der Waals surface area (Å²) in [7, 11) is 1.57. The van der Waals surface area contributed by atoms with E-state index in [1.807, 2.05) is 0 Å². The summed E-state index contributed by atoms with van der Waals surface area (Å²) >= 11 is 5.99. The molecule has 0 aliphatic rings. The van der Waals surface area contributed by atoms with E-state index >= 15 is 0 Å². The highest BCUT2D eigenvalue weighted by Gasteiger charge is 2.16. The van der Waals surface area contributed by atoms with E-state index in [1.165, 1.54) is 10.8 Å². The summed E-state index contributed by atoms with van der Waals surface area (Å²) in [4.78, 5) is 26.2.